The lowest BCUT2D eigenvalue weighted by Gasteiger charge is -1.97. The molecule has 17 heavy (non-hydrogen) atoms. The van der Waals surface area contributed by atoms with Crippen LogP contribution in [0.2, 0.25) is 10.0 Å². The highest BCUT2D eigenvalue weighted by Gasteiger charge is 2.19. The van der Waals surface area contributed by atoms with E-state index in [0.29, 0.717) is 10.0 Å². The van der Waals surface area contributed by atoms with E-state index in [1.165, 1.54) is 5.82 Å². The molecular formula is C12H15Cl2IN2. The van der Waals surface area contributed by atoms with Gasteiger partial charge in [-0.15, -0.1) is 0 Å². The molecule has 0 amide bonds. The summed E-state index contributed by atoms with van der Waals surface area (Å²) < 4.78 is 4.42. The summed E-state index contributed by atoms with van der Waals surface area (Å²) in [5, 5.41) is 1.23. The Morgan fingerprint density at radius 3 is 2.41 bits per heavy atom. The van der Waals surface area contributed by atoms with Crippen molar-refractivity contribution in [1.29, 1.82) is 0 Å². The highest BCUT2D eigenvalue weighted by atomic mass is 127. The Bertz CT molecular complexity index is 549. The molecule has 2 aromatic rings. The lowest BCUT2D eigenvalue weighted by molar-refractivity contribution is -0.652. The smallest absolute Gasteiger partial charge is 0.253 e. The van der Waals surface area contributed by atoms with E-state index in [0.717, 1.165) is 24.0 Å². The first-order valence-corrected chi connectivity index (χ1v) is 6.15. The Morgan fingerprint density at radius 1 is 1.24 bits per heavy atom. The van der Waals surface area contributed by atoms with Crippen LogP contribution in [0.1, 0.15) is 19.2 Å². The average Bonchev–Trinajstić information content (AvgIpc) is 2.46. The highest BCUT2D eigenvalue weighted by Crippen LogP contribution is 2.27. The number of halogens is 3. The van der Waals surface area contributed by atoms with Gasteiger partial charge in [-0.2, -0.15) is 0 Å². The van der Waals surface area contributed by atoms with Crippen molar-refractivity contribution in [3.63, 3.8) is 0 Å². The van der Waals surface area contributed by atoms with Crippen LogP contribution in [-0.4, -0.2) is 4.57 Å². The van der Waals surface area contributed by atoms with Gasteiger partial charge in [-0.3, -0.25) is 0 Å². The van der Waals surface area contributed by atoms with Crippen LogP contribution in [0.25, 0.3) is 11.0 Å². The number of imidazole rings is 1. The first kappa shape index (κ1) is 15.1. The first-order chi connectivity index (χ1) is 7.56. The Kier molecular flexibility index (Phi) is 5.10. The summed E-state index contributed by atoms with van der Waals surface area (Å²) in [6.07, 6.45) is 1.10. The van der Waals surface area contributed by atoms with Crippen LogP contribution in [0.4, 0.5) is 0 Å². The monoisotopic (exact) mass is 384 g/mol. The van der Waals surface area contributed by atoms with Gasteiger partial charge < -0.3 is 24.0 Å². The van der Waals surface area contributed by atoms with E-state index in [4.69, 9.17) is 23.2 Å². The number of aryl methyl sites for hydroxylation is 2. The molecule has 0 aliphatic carbocycles. The minimum atomic E-state index is 0. The van der Waals surface area contributed by atoms with Crippen molar-refractivity contribution < 1.29 is 28.5 Å². The zero-order chi connectivity index (χ0) is 11.9. The summed E-state index contributed by atoms with van der Waals surface area (Å²) in [5.41, 5.74) is 2.27. The van der Waals surface area contributed by atoms with E-state index < -0.39 is 0 Å². The molecule has 0 N–H and O–H groups in total. The predicted octanol–water partition coefficient (Wildman–Crippen LogP) is 0.495. The van der Waals surface area contributed by atoms with E-state index in [2.05, 4.69) is 23.0 Å². The maximum atomic E-state index is 6.07. The molecule has 1 heterocycles. The standard InChI is InChI=1S/C12H15Cl2N2.HI/c1-4-5-16-8(2)15(3)11-6-9(13)10(14)7-12(11)16;/h6-7H,4-5H2,1-3H3;1H/q+1;/p-1. The largest absolute Gasteiger partial charge is 1.00 e. The summed E-state index contributed by atoms with van der Waals surface area (Å²) in [6.45, 7) is 5.28. The third kappa shape index (κ3) is 2.56. The molecule has 0 atom stereocenters. The molecule has 0 radical (unpaired) electrons. The Labute approximate surface area is 129 Å². The van der Waals surface area contributed by atoms with Crippen LogP contribution in [0.3, 0.4) is 0 Å². The second-order valence-electron chi connectivity index (χ2n) is 4.01. The second kappa shape index (κ2) is 5.76. The predicted molar refractivity (Wildman–Crippen MR) is 68.2 cm³/mol. The summed E-state index contributed by atoms with van der Waals surface area (Å²) >= 11 is 12.1. The molecule has 0 spiro atoms. The fourth-order valence-electron chi connectivity index (χ4n) is 2.05. The van der Waals surface area contributed by atoms with Crippen molar-refractivity contribution in [2.45, 2.75) is 26.8 Å². The molecular weight excluding hydrogens is 370 g/mol. The first-order valence-electron chi connectivity index (χ1n) is 5.40. The Hall–Kier alpha value is -0.000000000000000111. The molecule has 2 rings (SSSR count). The van der Waals surface area contributed by atoms with Crippen molar-refractivity contribution in [2.24, 2.45) is 7.05 Å². The van der Waals surface area contributed by atoms with E-state index >= 15 is 0 Å². The molecule has 94 valence electrons. The van der Waals surface area contributed by atoms with Crippen molar-refractivity contribution >= 4 is 34.2 Å². The van der Waals surface area contributed by atoms with E-state index in [-0.39, 0.29) is 24.0 Å². The summed E-state index contributed by atoms with van der Waals surface area (Å²) in [4.78, 5) is 0. The van der Waals surface area contributed by atoms with Crippen LogP contribution < -0.4 is 28.5 Å². The minimum absolute atomic E-state index is 0. The third-order valence-corrected chi connectivity index (χ3v) is 3.72. The zero-order valence-electron chi connectivity index (χ0n) is 10.1. The van der Waals surface area contributed by atoms with E-state index in [9.17, 15) is 0 Å². The number of benzene rings is 1. The molecule has 1 aromatic heterocycles. The van der Waals surface area contributed by atoms with Gasteiger partial charge in [-0.05, 0) is 6.42 Å². The zero-order valence-corrected chi connectivity index (χ0v) is 13.8. The summed E-state index contributed by atoms with van der Waals surface area (Å²) in [6, 6.07) is 3.88. The molecule has 0 fully saturated rings. The van der Waals surface area contributed by atoms with Gasteiger partial charge in [0.15, 0.2) is 11.0 Å². The van der Waals surface area contributed by atoms with Gasteiger partial charge >= 0.3 is 0 Å². The van der Waals surface area contributed by atoms with Gasteiger partial charge in [0, 0.05) is 19.1 Å². The summed E-state index contributed by atoms with van der Waals surface area (Å²) in [5.74, 6) is 1.22. The third-order valence-electron chi connectivity index (χ3n) is 2.99. The van der Waals surface area contributed by atoms with Gasteiger partial charge in [0.1, 0.15) is 0 Å². The molecule has 0 saturated heterocycles. The van der Waals surface area contributed by atoms with Crippen LogP contribution in [0.15, 0.2) is 12.1 Å². The molecule has 5 heteroatoms. The molecule has 1 aromatic carbocycles. The van der Waals surface area contributed by atoms with Gasteiger partial charge in [0.05, 0.1) is 23.6 Å². The van der Waals surface area contributed by atoms with Crippen molar-refractivity contribution in [1.82, 2.24) is 4.57 Å². The summed E-state index contributed by atoms with van der Waals surface area (Å²) in [7, 11) is 2.05. The Morgan fingerprint density at radius 2 is 1.82 bits per heavy atom. The number of rotatable bonds is 2. The molecule has 0 saturated carbocycles. The van der Waals surface area contributed by atoms with Crippen LogP contribution in [0, 0.1) is 6.92 Å². The minimum Gasteiger partial charge on any atom is -1.00 e. The SMILES string of the molecule is CCCn1c(C)[n+](C)c2cc(Cl)c(Cl)cc21.[I-]. The maximum Gasteiger partial charge on any atom is 0.253 e. The van der Waals surface area contributed by atoms with E-state index in [1.807, 2.05) is 19.2 Å². The molecule has 0 bridgehead atoms. The number of hydrogen-bond donors (Lipinski definition) is 0. The molecule has 0 aliphatic heterocycles. The fraction of sp³-hybridized carbons (Fsp3) is 0.417. The molecule has 0 unspecified atom stereocenters. The highest BCUT2D eigenvalue weighted by molar-refractivity contribution is 6.42. The lowest BCUT2D eigenvalue weighted by atomic mass is 10.3. The fourth-order valence-corrected chi connectivity index (χ4v) is 2.36. The topological polar surface area (TPSA) is 8.81 Å². The van der Waals surface area contributed by atoms with Crippen molar-refractivity contribution in [3.8, 4) is 0 Å². The van der Waals surface area contributed by atoms with Gasteiger partial charge in [0.25, 0.3) is 5.82 Å². The van der Waals surface area contributed by atoms with Crippen molar-refractivity contribution in [2.75, 3.05) is 0 Å². The number of aromatic nitrogens is 2. The van der Waals surface area contributed by atoms with E-state index in [1.54, 1.807) is 0 Å². The molecule has 0 aliphatic rings. The normalized spacial score (nSPS) is 10.6. The number of hydrogen-bond acceptors (Lipinski definition) is 0. The second-order valence-corrected chi connectivity index (χ2v) is 4.83. The Balaban J connectivity index is 0.00000144. The van der Waals surface area contributed by atoms with Crippen LogP contribution in [-0.2, 0) is 13.6 Å². The maximum absolute atomic E-state index is 6.07. The average molecular weight is 385 g/mol. The van der Waals surface area contributed by atoms with Crippen LogP contribution >= 0.6 is 23.2 Å². The quantitative estimate of drug-likeness (QED) is 0.526. The van der Waals surface area contributed by atoms with Gasteiger partial charge in [0.2, 0.25) is 0 Å². The lowest BCUT2D eigenvalue weighted by Crippen LogP contribution is -3.00. The van der Waals surface area contributed by atoms with Gasteiger partial charge in [-0.25, -0.2) is 9.13 Å². The van der Waals surface area contributed by atoms with Crippen LogP contribution in [0.5, 0.6) is 0 Å². The number of nitrogens with zero attached hydrogens (tertiary/aromatic N) is 2. The molecule has 2 nitrogen and oxygen atoms in total. The number of fused-ring (bicyclic) bond motifs is 1. The van der Waals surface area contributed by atoms with Gasteiger partial charge in [-0.1, -0.05) is 30.1 Å². The van der Waals surface area contributed by atoms with Crippen molar-refractivity contribution in [3.05, 3.63) is 28.0 Å².